The zero-order chi connectivity index (χ0) is 21.1. The van der Waals surface area contributed by atoms with Crippen LogP contribution in [0.1, 0.15) is 17.2 Å². The van der Waals surface area contributed by atoms with E-state index < -0.39 is 0 Å². The second kappa shape index (κ2) is 9.49. The normalized spacial score (nSPS) is 17.3. The van der Waals surface area contributed by atoms with Gasteiger partial charge in [0, 0.05) is 41.9 Å². The highest BCUT2D eigenvalue weighted by Crippen LogP contribution is 2.36. The fourth-order valence-corrected chi connectivity index (χ4v) is 4.55. The molecule has 1 saturated heterocycles. The number of hydrogen-bond donors (Lipinski definition) is 1. The number of benzene rings is 3. The molecule has 0 aliphatic carbocycles. The molecule has 0 bridgehead atoms. The van der Waals surface area contributed by atoms with Crippen LogP contribution in [0.15, 0.2) is 66.7 Å². The Bertz CT molecular complexity index is 990. The van der Waals surface area contributed by atoms with Crippen molar-refractivity contribution >= 4 is 46.2 Å². The second-order valence-electron chi connectivity index (χ2n) is 7.65. The maximum atomic E-state index is 6.56. The first-order valence-electron chi connectivity index (χ1n) is 10.0. The third-order valence-electron chi connectivity index (χ3n) is 5.63. The van der Waals surface area contributed by atoms with Gasteiger partial charge in [-0.25, -0.2) is 0 Å². The monoisotopic (exact) mass is 459 g/mol. The summed E-state index contributed by atoms with van der Waals surface area (Å²) in [6, 6.07) is 22.2. The summed E-state index contributed by atoms with van der Waals surface area (Å²) < 4.78 is 0. The molecule has 0 aromatic heterocycles. The molecular weight excluding hydrogens is 437 g/mol. The van der Waals surface area contributed by atoms with E-state index in [1.807, 2.05) is 42.5 Å². The van der Waals surface area contributed by atoms with Gasteiger partial charge < -0.3 is 10.6 Å². The highest BCUT2D eigenvalue weighted by molar-refractivity contribution is 6.33. The Morgan fingerprint density at radius 2 is 1.50 bits per heavy atom. The van der Waals surface area contributed by atoms with Crippen LogP contribution in [0.25, 0.3) is 0 Å². The molecule has 3 nitrogen and oxygen atoms in total. The molecule has 1 aliphatic rings. The number of nitrogen functional groups attached to an aromatic ring is 1. The zero-order valence-corrected chi connectivity index (χ0v) is 18.8. The van der Waals surface area contributed by atoms with Crippen LogP contribution in [-0.4, -0.2) is 31.1 Å². The van der Waals surface area contributed by atoms with Crippen molar-refractivity contribution in [2.75, 3.05) is 36.8 Å². The SMILES string of the molecule is Nc1ccc(N2CCN(CCc3ccc(Cl)cc3)C[C@H]2c2ccc(Cl)cc2)c(Cl)c1. The summed E-state index contributed by atoms with van der Waals surface area (Å²) in [5.41, 5.74) is 10.1. The molecular formula is C24H24Cl3N3. The first-order valence-corrected chi connectivity index (χ1v) is 11.2. The third-order valence-corrected chi connectivity index (χ3v) is 6.44. The Hall–Kier alpha value is -1.91. The molecule has 0 amide bonds. The van der Waals surface area contributed by atoms with Gasteiger partial charge in [0.05, 0.1) is 16.8 Å². The lowest BCUT2D eigenvalue weighted by Crippen LogP contribution is -2.49. The van der Waals surface area contributed by atoms with Gasteiger partial charge in [-0.2, -0.15) is 0 Å². The van der Waals surface area contributed by atoms with E-state index in [9.17, 15) is 0 Å². The lowest BCUT2D eigenvalue weighted by Gasteiger charge is -2.43. The first kappa shape index (κ1) is 21.3. The van der Waals surface area contributed by atoms with Crippen molar-refractivity contribution in [3.63, 3.8) is 0 Å². The van der Waals surface area contributed by atoms with E-state index in [4.69, 9.17) is 40.5 Å². The van der Waals surface area contributed by atoms with Crippen LogP contribution in [0.4, 0.5) is 11.4 Å². The molecule has 0 radical (unpaired) electrons. The summed E-state index contributed by atoms with van der Waals surface area (Å²) >= 11 is 18.7. The zero-order valence-electron chi connectivity index (χ0n) is 16.6. The van der Waals surface area contributed by atoms with E-state index >= 15 is 0 Å². The quantitative estimate of drug-likeness (QED) is 0.451. The van der Waals surface area contributed by atoms with Crippen LogP contribution in [0, 0.1) is 0 Å². The van der Waals surface area contributed by atoms with Crippen LogP contribution in [0.3, 0.4) is 0 Å². The van der Waals surface area contributed by atoms with Crippen LogP contribution in [-0.2, 0) is 6.42 Å². The highest BCUT2D eigenvalue weighted by Gasteiger charge is 2.29. The molecule has 1 fully saturated rings. The minimum atomic E-state index is 0.183. The topological polar surface area (TPSA) is 32.5 Å². The Morgan fingerprint density at radius 1 is 0.833 bits per heavy atom. The number of nitrogens with zero attached hydrogens (tertiary/aromatic N) is 2. The fourth-order valence-electron chi connectivity index (χ4n) is 4.00. The minimum Gasteiger partial charge on any atom is -0.399 e. The summed E-state index contributed by atoms with van der Waals surface area (Å²) in [5.74, 6) is 0. The van der Waals surface area contributed by atoms with Gasteiger partial charge in [-0.3, -0.25) is 4.90 Å². The lowest BCUT2D eigenvalue weighted by atomic mass is 10.0. The number of halogens is 3. The third kappa shape index (κ3) is 5.04. The Labute approximate surface area is 192 Å². The van der Waals surface area contributed by atoms with Gasteiger partial charge in [0.1, 0.15) is 0 Å². The van der Waals surface area contributed by atoms with Gasteiger partial charge in [0.15, 0.2) is 0 Å². The van der Waals surface area contributed by atoms with Crippen molar-refractivity contribution in [1.82, 2.24) is 4.90 Å². The van der Waals surface area contributed by atoms with E-state index in [0.29, 0.717) is 10.7 Å². The average molecular weight is 461 g/mol. The van der Waals surface area contributed by atoms with Crippen molar-refractivity contribution in [2.24, 2.45) is 0 Å². The van der Waals surface area contributed by atoms with Crippen LogP contribution in [0.2, 0.25) is 15.1 Å². The van der Waals surface area contributed by atoms with E-state index in [-0.39, 0.29) is 6.04 Å². The molecule has 1 aliphatic heterocycles. The van der Waals surface area contributed by atoms with Gasteiger partial charge >= 0.3 is 0 Å². The molecule has 1 atom stereocenters. The van der Waals surface area contributed by atoms with E-state index in [1.165, 1.54) is 11.1 Å². The summed E-state index contributed by atoms with van der Waals surface area (Å²) in [4.78, 5) is 4.89. The first-order chi connectivity index (χ1) is 14.5. The molecule has 156 valence electrons. The standard InChI is InChI=1S/C24H24Cl3N3/c25-19-5-1-17(2-6-19)11-12-29-13-14-30(23-10-9-21(28)15-22(23)27)24(16-29)18-3-7-20(26)8-4-18/h1-10,15,24H,11-14,16,28H2/t24-/m0/s1. The summed E-state index contributed by atoms with van der Waals surface area (Å²) in [5, 5.41) is 2.20. The Balaban J connectivity index is 1.55. The number of anilines is 2. The van der Waals surface area contributed by atoms with Gasteiger partial charge in [-0.1, -0.05) is 59.1 Å². The predicted octanol–water partition coefficient (Wildman–Crippen LogP) is 6.34. The van der Waals surface area contributed by atoms with Gasteiger partial charge in [-0.05, 0) is 60.0 Å². The van der Waals surface area contributed by atoms with E-state index in [0.717, 1.165) is 48.3 Å². The number of hydrogen-bond acceptors (Lipinski definition) is 3. The molecule has 30 heavy (non-hydrogen) atoms. The maximum Gasteiger partial charge on any atom is 0.0670 e. The number of piperazine rings is 1. The maximum absolute atomic E-state index is 6.56. The molecule has 4 rings (SSSR count). The van der Waals surface area contributed by atoms with Crippen molar-refractivity contribution in [1.29, 1.82) is 0 Å². The molecule has 0 spiro atoms. The second-order valence-corrected chi connectivity index (χ2v) is 8.93. The number of nitrogens with two attached hydrogens (primary N) is 1. The Kier molecular flexibility index (Phi) is 6.74. The molecule has 6 heteroatoms. The summed E-state index contributed by atoms with van der Waals surface area (Å²) in [6.07, 6.45) is 0.993. The van der Waals surface area contributed by atoms with Gasteiger partial charge in [0.2, 0.25) is 0 Å². The van der Waals surface area contributed by atoms with Crippen LogP contribution < -0.4 is 10.6 Å². The van der Waals surface area contributed by atoms with Crippen molar-refractivity contribution in [3.8, 4) is 0 Å². The largest absolute Gasteiger partial charge is 0.399 e. The molecule has 2 N–H and O–H groups in total. The molecule has 0 saturated carbocycles. The Morgan fingerprint density at radius 3 is 2.17 bits per heavy atom. The summed E-state index contributed by atoms with van der Waals surface area (Å²) in [7, 11) is 0. The van der Waals surface area contributed by atoms with Gasteiger partial charge in [0.25, 0.3) is 0 Å². The van der Waals surface area contributed by atoms with Crippen LogP contribution in [0.5, 0.6) is 0 Å². The van der Waals surface area contributed by atoms with Crippen molar-refractivity contribution in [3.05, 3.63) is 92.9 Å². The van der Waals surface area contributed by atoms with E-state index in [1.54, 1.807) is 0 Å². The summed E-state index contributed by atoms with van der Waals surface area (Å²) in [6.45, 7) is 3.76. The van der Waals surface area contributed by atoms with Crippen molar-refractivity contribution < 1.29 is 0 Å². The molecule has 3 aromatic rings. The fraction of sp³-hybridized carbons (Fsp3) is 0.250. The van der Waals surface area contributed by atoms with Crippen LogP contribution >= 0.6 is 34.8 Å². The molecule has 3 aromatic carbocycles. The smallest absolute Gasteiger partial charge is 0.0670 e. The van der Waals surface area contributed by atoms with Gasteiger partial charge in [-0.15, -0.1) is 0 Å². The predicted molar refractivity (Wildman–Crippen MR) is 129 cm³/mol. The average Bonchev–Trinajstić information content (AvgIpc) is 2.74. The minimum absolute atomic E-state index is 0.183. The molecule has 1 heterocycles. The van der Waals surface area contributed by atoms with E-state index in [2.05, 4.69) is 34.1 Å². The highest BCUT2D eigenvalue weighted by atomic mass is 35.5. The molecule has 0 unspecified atom stereocenters. The lowest BCUT2D eigenvalue weighted by molar-refractivity contribution is 0.226. The van der Waals surface area contributed by atoms with Crippen molar-refractivity contribution in [2.45, 2.75) is 12.5 Å². The number of rotatable bonds is 5.